The van der Waals surface area contributed by atoms with Crippen molar-refractivity contribution in [3.63, 3.8) is 0 Å². The Morgan fingerprint density at radius 3 is 2.38 bits per heavy atom. The number of benzene rings is 2. The largest absolute Gasteiger partial charge is 0.457 e. The smallest absolute Gasteiger partial charge is 0.407 e. The van der Waals surface area contributed by atoms with E-state index >= 15 is 0 Å². The third-order valence-electron chi connectivity index (χ3n) is 4.23. The van der Waals surface area contributed by atoms with Crippen LogP contribution < -0.4 is 10.6 Å². The Morgan fingerprint density at radius 1 is 1.03 bits per heavy atom. The molecule has 0 fully saturated rings. The average Bonchev–Trinajstić information content (AvgIpc) is 2.73. The van der Waals surface area contributed by atoms with Gasteiger partial charge in [-0.3, -0.25) is 10.1 Å². The minimum absolute atomic E-state index is 0.0881. The van der Waals surface area contributed by atoms with E-state index in [-0.39, 0.29) is 17.9 Å². The van der Waals surface area contributed by atoms with E-state index in [1.807, 2.05) is 30.3 Å². The van der Waals surface area contributed by atoms with Crippen molar-refractivity contribution < 1.29 is 24.0 Å². The summed E-state index contributed by atoms with van der Waals surface area (Å²) >= 11 is 0. The molecule has 9 nitrogen and oxygen atoms in total. The molecular formula is C23H29N3O6. The standard InChI is InChI=1S/C23H29N3O6/c1-23(2,3)32-22(28)25-14-8-7-13-24-19-12-11-18(15-20(19)26(29)30)21(27)31-16-17-9-5-4-6-10-17/h4-6,9-12,15,24H,7-8,13-14,16H2,1-3H3,(H,25,28). The first-order chi connectivity index (χ1) is 15.2. The second-order valence-corrected chi connectivity index (χ2v) is 8.11. The SMILES string of the molecule is CC(C)(C)OC(=O)NCCCCNc1ccc(C(=O)OCc2ccccc2)cc1[N+](=O)[O-]. The van der Waals surface area contributed by atoms with Gasteiger partial charge in [-0.05, 0) is 51.3 Å². The van der Waals surface area contributed by atoms with Crippen molar-refractivity contribution >= 4 is 23.4 Å². The lowest BCUT2D eigenvalue weighted by molar-refractivity contribution is -0.384. The summed E-state index contributed by atoms with van der Waals surface area (Å²) < 4.78 is 10.4. The Morgan fingerprint density at radius 2 is 1.72 bits per heavy atom. The van der Waals surface area contributed by atoms with E-state index < -0.39 is 22.6 Å². The molecule has 2 N–H and O–H groups in total. The number of anilines is 1. The molecule has 0 unspecified atom stereocenters. The average molecular weight is 444 g/mol. The third-order valence-corrected chi connectivity index (χ3v) is 4.23. The van der Waals surface area contributed by atoms with Gasteiger partial charge in [-0.15, -0.1) is 0 Å². The molecule has 0 bridgehead atoms. The number of hydrogen-bond donors (Lipinski definition) is 2. The minimum Gasteiger partial charge on any atom is -0.457 e. The van der Waals surface area contributed by atoms with Crippen LogP contribution in [0.15, 0.2) is 48.5 Å². The van der Waals surface area contributed by atoms with Crippen LogP contribution in [0.1, 0.15) is 49.5 Å². The maximum atomic E-state index is 12.3. The van der Waals surface area contributed by atoms with Crippen molar-refractivity contribution in [3.8, 4) is 0 Å². The molecule has 1 amide bonds. The lowest BCUT2D eigenvalue weighted by Gasteiger charge is -2.19. The highest BCUT2D eigenvalue weighted by Gasteiger charge is 2.18. The fraction of sp³-hybridized carbons (Fsp3) is 0.391. The van der Waals surface area contributed by atoms with Crippen molar-refractivity contribution in [2.24, 2.45) is 0 Å². The topological polar surface area (TPSA) is 120 Å². The molecule has 0 radical (unpaired) electrons. The molecule has 0 atom stereocenters. The summed E-state index contributed by atoms with van der Waals surface area (Å²) in [6.45, 7) is 6.36. The number of nitro benzene ring substituents is 1. The van der Waals surface area contributed by atoms with Gasteiger partial charge in [0.05, 0.1) is 10.5 Å². The maximum absolute atomic E-state index is 12.3. The van der Waals surface area contributed by atoms with Crippen LogP contribution in [-0.2, 0) is 16.1 Å². The monoisotopic (exact) mass is 443 g/mol. The summed E-state index contributed by atoms with van der Waals surface area (Å²) in [5.41, 5.74) is 0.500. The number of alkyl carbamates (subject to hydrolysis) is 1. The molecular weight excluding hydrogens is 414 g/mol. The first-order valence-electron chi connectivity index (χ1n) is 10.4. The number of nitrogens with zero attached hydrogens (tertiary/aromatic N) is 1. The number of ether oxygens (including phenoxy) is 2. The maximum Gasteiger partial charge on any atom is 0.407 e. The third kappa shape index (κ3) is 8.63. The Kier molecular flexibility index (Phi) is 9.00. The molecule has 0 aliphatic rings. The van der Waals surface area contributed by atoms with Crippen molar-refractivity contribution in [1.29, 1.82) is 0 Å². The molecule has 0 heterocycles. The van der Waals surface area contributed by atoms with E-state index in [9.17, 15) is 19.7 Å². The van der Waals surface area contributed by atoms with Crippen LogP contribution >= 0.6 is 0 Å². The number of rotatable bonds is 10. The number of hydrogen-bond acceptors (Lipinski definition) is 7. The molecule has 0 aliphatic carbocycles. The molecule has 172 valence electrons. The van der Waals surface area contributed by atoms with E-state index in [0.717, 1.165) is 5.56 Å². The van der Waals surface area contributed by atoms with Crippen molar-refractivity contribution in [2.45, 2.75) is 45.8 Å². The van der Waals surface area contributed by atoms with Crippen molar-refractivity contribution in [2.75, 3.05) is 18.4 Å². The van der Waals surface area contributed by atoms with Crippen LogP contribution in [0.5, 0.6) is 0 Å². The highest BCUT2D eigenvalue weighted by Crippen LogP contribution is 2.26. The van der Waals surface area contributed by atoms with E-state index in [2.05, 4.69) is 10.6 Å². The quantitative estimate of drug-likeness (QED) is 0.237. The van der Waals surface area contributed by atoms with Crippen LogP contribution in [0.4, 0.5) is 16.2 Å². The second kappa shape index (κ2) is 11.7. The van der Waals surface area contributed by atoms with E-state index in [0.29, 0.717) is 31.6 Å². The number of amides is 1. The molecule has 0 spiro atoms. The molecule has 32 heavy (non-hydrogen) atoms. The van der Waals surface area contributed by atoms with Crippen LogP contribution in [0.3, 0.4) is 0 Å². The lowest BCUT2D eigenvalue weighted by Crippen LogP contribution is -2.33. The minimum atomic E-state index is -0.628. The fourth-order valence-electron chi connectivity index (χ4n) is 2.74. The van der Waals surface area contributed by atoms with Gasteiger partial charge in [-0.25, -0.2) is 9.59 Å². The van der Waals surface area contributed by atoms with E-state index in [1.165, 1.54) is 18.2 Å². The predicted molar refractivity (Wildman–Crippen MR) is 121 cm³/mol. The first kappa shape index (κ1) is 24.6. The zero-order valence-electron chi connectivity index (χ0n) is 18.6. The molecule has 0 saturated carbocycles. The van der Waals surface area contributed by atoms with Gasteiger partial charge in [-0.1, -0.05) is 30.3 Å². The summed E-state index contributed by atoms with van der Waals surface area (Å²) in [6, 6.07) is 13.4. The van der Waals surface area contributed by atoms with Gasteiger partial charge in [0.2, 0.25) is 0 Å². The zero-order chi connectivity index (χ0) is 23.6. The van der Waals surface area contributed by atoms with Crippen LogP contribution in [-0.4, -0.2) is 35.7 Å². The summed E-state index contributed by atoms with van der Waals surface area (Å²) in [7, 11) is 0. The fourth-order valence-corrected chi connectivity index (χ4v) is 2.74. The van der Waals surface area contributed by atoms with Gasteiger partial charge < -0.3 is 20.1 Å². The molecule has 2 aromatic carbocycles. The summed E-state index contributed by atoms with van der Waals surface area (Å²) in [6.07, 6.45) is 0.869. The Hall–Kier alpha value is -3.62. The van der Waals surface area contributed by atoms with Crippen molar-refractivity contribution in [1.82, 2.24) is 5.32 Å². The highest BCUT2D eigenvalue weighted by molar-refractivity contribution is 5.91. The van der Waals surface area contributed by atoms with Crippen LogP contribution in [0, 0.1) is 10.1 Å². The van der Waals surface area contributed by atoms with Gasteiger partial charge >= 0.3 is 12.1 Å². The molecule has 0 aliphatic heterocycles. The molecule has 2 rings (SSSR count). The highest BCUT2D eigenvalue weighted by atomic mass is 16.6. The summed E-state index contributed by atoms with van der Waals surface area (Å²) in [5.74, 6) is -0.628. The summed E-state index contributed by atoms with van der Waals surface area (Å²) in [4.78, 5) is 34.8. The van der Waals surface area contributed by atoms with E-state index in [4.69, 9.17) is 9.47 Å². The van der Waals surface area contributed by atoms with Crippen molar-refractivity contribution in [3.05, 3.63) is 69.8 Å². The Balaban J connectivity index is 1.82. The number of carbonyl (C=O) groups excluding carboxylic acids is 2. The van der Waals surface area contributed by atoms with E-state index in [1.54, 1.807) is 20.8 Å². The second-order valence-electron chi connectivity index (χ2n) is 8.11. The van der Waals surface area contributed by atoms with Crippen LogP contribution in [0.2, 0.25) is 0 Å². The molecule has 2 aromatic rings. The predicted octanol–water partition coefficient (Wildman–Crippen LogP) is 4.67. The normalized spacial score (nSPS) is 10.8. The Labute approximate surface area is 187 Å². The van der Waals surface area contributed by atoms with Gasteiger partial charge in [0.15, 0.2) is 0 Å². The number of unbranched alkanes of at least 4 members (excludes halogenated alkanes) is 1. The van der Waals surface area contributed by atoms with Gasteiger partial charge in [0, 0.05) is 19.2 Å². The number of esters is 1. The van der Waals surface area contributed by atoms with Gasteiger partial charge in [-0.2, -0.15) is 0 Å². The number of nitro groups is 1. The van der Waals surface area contributed by atoms with Crippen LogP contribution in [0.25, 0.3) is 0 Å². The Bertz CT molecular complexity index is 925. The first-order valence-corrected chi connectivity index (χ1v) is 10.4. The van der Waals surface area contributed by atoms with Gasteiger partial charge in [0.1, 0.15) is 17.9 Å². The number of nitrogens with one attached hydrogen (secondary N) is 2. The molecule has 0 saturated heterocycles. The zero-order valence-corrected chi connectivity index (χ0v) is 18.6. The molecule has 0 aromatic heterocycles. The molecule has 9 heteroatoms. The number of carbonyl (C=O) groups is 2. The lowest BCUT2D eigenvalue weighted by atomic mass is 10.1. The summed E-state index contributed by atoms with van der Waals surface area (Å²) in [5, 5.41) is 17.1. The van der Waals surface area contributed by atoms with Gasteiger partial charge in [0.25, 0.3) is 5.69 Å².